The third kappa shape index (κ3) is 3.28. The van der Waals surface area contributed by atoms with Crippen LogP contribution in [0.3, 0.4) is 0 Å². The van der Waals surface area contributed by atoms with Gasteiger partial charge in [-0.3, -0.25) is 0 Å². The maximum atomic E-state index is 11.7. The fraction of sp³-hybridized carbons (Fsp3) is 0.455. The molecule has 0 N–H and O–H groups in total. The zero-order valence-corrected chi connectivity index (χ0v) is 12.3. The molecule has 0 atom stereocenters. The molecule has 1 aromatic carbocycles. The molecule has 0 saturated carbocycles. The van der Waals surface area contributed by atoms with E-state index in [2.05, 4.69) is 0 Å². The summed E-state index contributed by atoms with van der Waals surface area (Å²) in [6.07, 6.45) is 0. The number of halogens is 1. The topological polar surface area (TPSA) is 55.8 Å². The average Bonchev–Trinajstić information content (AvgIpc) is 2.25. The summed E-state index contributed by atoms with van der Waals surface area (Å²) in [5.41, 5.74) is 0.563. The SMILES string of the molecule is COc1ccc(CN(C)C)c(S(=O)(=O)Cl)c1OC. The second-order valence-corrected chi connectivity index (χ2v) is 6.47. The zero-order chi connectivity index (χ0) is 13.9. The van der Waals surface area contributed by atoms with Crippen LogP contribution in [0, 0.1) is 0 Å². The minimum absolute atomic E-state index is 0.0419. The Bertz CT molecular complexity index is 528. The van der Waals surface area contributed by atoms with E-state index < -0.39 is 9.05 Å². The van der Waals surface area contributed by atoms with Gasteiger partial charge < -0.3 is 14.4 Å². The third-order valence-corrected chi connectivity index (χ3v) is 3.71. The molecule has 0 saturated heterocycles. The van der Waals surface area contributed by atoms with Crippen LogP contribution in [0.15, 0.2) is 17.0 Å². The van der Waals surface area contributed by atoms with E-state index in [0.29, 0.717) is 17.9 Å². The molecule has 0 aliphatic carbocycles. The van der Waals surface area contributed by atoms with Gasteiger partial charge in [0.25, 0.3) is 9.05 Å². The summed E-state index contributed by atoms with van der Waals surface area (Å²) < 4.78 is 33.6. The van der Waals surface area contributed by atoms with Gasteiger partial charge in [0, 0.05) is 17.2 Å². The lowest BCUT2D eigenvalue weighted by Crippen LogP contribution is -2.14. The number of benzene rings is 1. The van der Waals surface area contributed by atoms with Gasteiger partial charge in [-0.25, -0.2) is 8.42 Å². The minimum atomic E-state index is -3.91. The van der Waals surface area contributed by atoms with Gasteiger partial charge in [-0.15, -0.1) is 0 Å². The second kappa shape index (κ2) is 5.77. The van der Waals surface area contributed by atoms with E-state index in [9.17, 15) is 8.42 Å². The van der Waals surface area contributed by atoms with Crippen molar-refractivity contribution in [1.29, 1.82) is 0 Å². The fourth-order valence-corrected chi connectivity index (χ4v) is 3.03. The molecular weight excluding hydrogens is 278 g/mol. The van der Waals surface area contributed by atoms with Gasteiger partial charge in [0.15, 0.2) is 11.5 Å². The Morgan fingerprint density at radius 1 is 1.22 bits per heavy atom. The normalized spacial score (nSPS) is 11.7. The number of hydrogen-bond donors (Lipinski definition) is 0. The highest BCUT2D eigenvalue weighted by Gasteiger charge is 2.25. The Morgan fingerprint density at radius 2 is 1.83 bits per heavy atom. The van der Waals surface area contributed by atoms with Crippen LogP contribution in [0.1, 0.15) is 5.56 Å². The zero-order valence-electron chi connectivity index (χ0n) is 10.7. The van der Waals surface area contributed by atoms with Crippen molar-refractivity contribution in [1.82, 2.24) is 4.90 Å². The second-order valence-electron chi connectivity index (χ2n) is 3.96. The lowest BCUT2D eigenvalue weighted by atomic mass is 10.2. The van der Waals surface area contributed by atoms with E-state index in [0.717, 1.165) is 0 Å². The minimum Gasteiger partial charge on any atom is -0.493 e. The van der Waals surface area contributed by atoms with Gasteiger partial charge >= 0.3 is 0 Å². The van der Waals surface area contributed by atoms with E-state index in [1.165, 1.54) is 14.2 Å². The number of rotatable bonds is 5. The molecule has 0 amide bonds. The van der Waals surface area contributed by atoms with Crippen molar-refractivity contribution in [2.45, 2.75) is 11.4 Å². The van der Waals surface area contributed by atoms with Gasteiger partial charge in [-0.05, 0) is 25.7 Å². The smallest absolute Gasteiger partial charge is 0.265 e. The first-order valence-corrected chi connectivity index (χ1v) is 7.45. The molecule has 0 unspecified atom stereocenters. The van der Waals surface area contributed by atoms with Crippen molar-refractivity contribution >= 4 is 19.7 Å². The van der Waals surface area contributed by atoms with Crippen molar-refractivity contribution in [3.05, 3.63) is 17.7 Å². The summed E-state index contributed by atoms with van der Waals surface area (Å²) in [6, 6.07) is 3.32. The highest BCUT2D eigenvalue weighted by Crippen LogP contribution is 2.38. The van der Waals surface area contributed by atoms with Gasteiger partial charge in [-0.1, -0.05) is 6.07 Å². The predicted octanol–water partition coefficient (Wildman–Crippen LogP) is 1.69. The quantitative estimate of drug-likeness (QED) is 0.773. The van der Waals surface area contributed by atoms with E-state index in [-0.39, 0.29) is 10.6 Å². The van der Waals surface area contributed by atoms with Crippen LogP contribution in [-0.2, 0) is 15.6 Å². The molecule has 1 rings (SSSR count). The van der Waals surface area contributed by atoms with Gasteiger partial charge in [-0.2, -0.15) is 0 Å². The highest BCUT2D eigenvalue weighted by molar-refractivity contribution is 8.13. The molecule has 102 valence electrons. The molecule has 0 aliphatic rings. The monoisotopic (exact) mass is 293 g/mol. The Labute approximate surface area is 112 Å². The van der Waals surface area contributed by atoms with Crippen LogP contribution in [0.4, 0.5) is 0 Å². The molecule has 0 spiro atoms. The third-order valence-electron chi connectivity index (χ3n) is 2.31. The molecule has 0 bridgehead atoms. The molecule has 18 heavy (non-hydrogen) atoms. The summed E-state index contributed by atoms with van der Waals surface area (Å²) in [5.74, 6) is 0.464. The van der Waals surface area contributed by atoms with Crippen molar-refractivity contribution in [2.75, 3.05) is 28.3 Å². The Morgan fingerprint density at radius 3 is 2.22 bits per heavy atom. The standard InChI is InChI=1S/C11H16ClNO4S/c1-13(2)7-8-5-6-9(16-3)10(17-4)11(8)18(12,14)15/h5-6H,7H2,1-4H3. The molecule has 0 aliphatic heterocycles. The van der Waals surface area contributed by atoms with E-state index in [1.54, 1.807) is 12.1 Å². The first-order chi connectivity index (χ1) is 8.31. The van der Waals surface area contributed by atoms with E-state index in [4.69, 9.17) is 20.2 Å². The van der Waals surface area contributed by atoms with Crippen molar-refractivity contribution in [3.8, 4) is 11.5 Å². The van der Waals surface area contributed by atoms with Crippen LogP contribution >= 0.6 is 10.7 Å². The molecular formula is C11H16ClNO4S. The largest absolute Gasteiger partial charge is 0.493 e. The summed E-state index contributed by atoms with van der Waals surface area (Å²) in [6.45, 7) is 0.432. The van der Waals surface area contributed by atoms with Crippen LogP contribution in [0.25, 0.3) is 0 Å². The van der Waals surface area contributed by atoms with Gasteiger partial charge in [0.05, 0.1) is 14.2 Å². The summed E-state index contributed by atoms with van der Waals surface area (Å²) in [5, 5.41) is 0. The number of methoxy groups -OCH3 is 2. The first-order valence-electron chi connectivity index (χ1n) is 5.14. The molecule has 1 aromatic rings. The lowest BCUT2D eigenvalue weighted by molar-refractivity contribution is 0.342. The van der Waals surface area contributed by atoms with Crippen LogP contribution in [0.2, 0.25) is 0 Å². The maximum Gasteiger partial charge on any atom is 0.265 e. The summed E-state index contributed by atoms with van der Waals surface area (Å²) in [7, 11) is 8.05. The van der Waals surface area contributed by atoms with Crippen molar-refractivity contribution in [3.63, 3.8) is 0 Å². The van der Waals surface area contributed by atoms with E-state index in [1.807, 2.05) is 19.0 Å². The van der Waals surface area contributed by atoms with Crippen molar-refractivity contribution < 1.29 is 17.9 Å². The maximum absolute atomic E-state index is 11.7. The first kappa shape index (κ1) is 15.1. The molecule has 0 radical (unpaired) electrons. The van der Waals surface area contributed by atoms with Crippen LogP contribution < -0.4 is 9.47 Å². The lowest BCUT2D eigenvalue weighted by Gasteiger charge is -2.17. The molecule has 0 heterocycles. The molecule has 0 aromatic heterocycles. The highest BCUT2D eigenvalue weighted by atomic mass is 35.7. The average molecular weight is 294 g/mol. The Balaban J connectivity index is 3.55. The van der Waals surface area contributed by atoms with Crippen LogP contribution in [-0.4, -0.2) is 41.6 Å². The van der Waals surface area contributed by atoms with Crippen LogP contribution in [0.5, 0.6) is 11.5 Å². The molecule has 5 nitrogen and oxygen atoms in total. The van der Waals surface area contributed by atoms with Gasteiger partial charge in [0.1, 0.15) is 4.90 Å². The summed E-state index contributed by atoms with van der Waals surface area (Å²) in [4.78, 5) is 1.80. The number of ether oxygens (including phenoxy) is 2. The molecule has 7 heteroatoms. The summed E-state index contributed by atoms with van der Waals surface area (Å²) >= 11 is 0. The molecule has 0 fully saturated rings. The van der Waals surface area contributed by atoms with E-state index >= 15 is 0 Å². The number of hydrogen-bond acceptors (Lipinski definition) is 5. The predicted molar refractivity (Wildman–Crippen MR) is 70.0 cm³/mol. The fourth-order valence-electron chi connectivity index (χ4n) is 1.67. The number of nitrogens with zero attached hydrogens (tertiary/aromatic N) is 1. The van der Waals surface area contributed by atoms with Crippen molar-refractivity contribution in [2.24, 2.45) is 0 Å². The van der Waals surface area contributed by atoms with Gasteiger partial charge in [0.2, 0.25) is 0 Å². The Kier molecular flexibility index (Phi) is 4.84. The Hall–Kier alpha value is -0.980.